The maximum Gasteiger partial charge on any atom is 0.238 e. The lowest BCUT2D eigenvalue weighted by molar-refractivity contribution is 0.411. The van der Waals surface area contributed by atoms with Crippen LogP contribution >= 0.6 is 0 Å². The van der Waals surface area contributed by atoms with E-state index < -0.39 is 10.0 Å². The molecule has 2 aromatic rings. The molecule has 0 saturated heterocycles. The van der Waals surface area contributed by atoms with Gasteiger partial charge in [0, 0.05) is 12.2 Å². The first kappa shape index (κ1) is 15.3. The third kappa shape index (κ3) is 3.96. The summed E-state index contributed by atoms with van der Waals surface area (Å²) in [4.78, 5) is 0.105. The van der Waals surface area contributed by atoms with Crippen molar-refractivity contribution in [1.29, 1.82) is 0 Å². The first-order chi connectivity index (χ1) is 9.90. The van der Waals surface area contributed by atoms with Gasteiger partial charge in [-0.05, 0) is 48.4 Å². The van der Waals surface area contributed by atoms with Crippen molar-refractivity contribution in [3.8, 4) is 5.75 Å². The lowest BCUT2D eigenvalue weighted by atomic mass is 10.1. The van der Waals surface area contributed by atoms with Crippen LogP contribution < -0.4 is 15.2 Å². The summed E-state index contributed by atoms with van der Waals surface area (Å²) >= 11 is 0. The van der Waals surface area contributed by atoms with E-state index in [-0.39, 0.29) is 4.90 Å². The van der Waals surface area contributed by atoms with Crippen LogP contribution in [0.2, 0.25) is 0 Å². The third-order valence-electron chi connectivity index (χ3n) is 3.14. The van der Waals surface area contributed by atoms with Gasteiger partial charge in [-0.2, -0.15) is 0 Å². The van der Waals surface area contributed by atoms with Crippen molar-refractivity contribution in [3.63, 3.8) is 0 Å². The lowest BCUT2D eigenvalue weighted by Gasteiger charge is -2.10. The number of methoxy groups -OCH3 is 1. The average molecular weight is 306 g/mol. The molecule has 0 heterocycles. The average Bonchev–Trinajstić information content (AvgIpc) is 2.45. The van der Waals surface area contributed by atoms with Crippen LogP contribution in [0.4, 0.5) is 5.69 Å². The molecule has 0 saturated carbocycles. The molecule has 0 unspecified atom stereocenters. The fourth-order valence-electron chi connectivity index (χ4n) is 2.02. The van der Waals surface area contributed by atoms with Crippen LogP contribution in [0.3, 0.4) is 0 Å². The number of sulfonamides is 1. The Morgan fingerprint density at radius 2 is 1.81 bits per heavy atom. The predicted molar refractivity (Wildman–Crippen MR) is 82.9 cm³/mol. The van der Waals surface area contributed by atoms with Crippen molar-refractivity contribution in [2.75, 3.05) is 12.4 Å². The van der Waals surface area contributed by atoms with Crippen molar-refractivity contribution in [2.45, 2.75) is 18.4 Å². The Labute approximate surface area is 124 Å². The molecule has 0 amide bonds. The number of aryl methyl sites for hydroxylation is 1. The summed E-state index contributed by atoms with van der Waals surface area (Å²) in [7, 11) is -2.00. The third-order valence-corrected chi connectivity index (χ3v) is 4.07. The number of hydrogen-bond acceptors (Lipinski definition) is 4. The van der Waals surface area contributed by atoms with Gasteiger partial charge in [0.15, 0.2) is 0 Å². The summed E-state index contributed by atoms with van der Waals surface area (Å²) in [6.07, 6.45) is 0. The molecule has 3 N–H and O–H groups in total. The zero-order valence-electron chi connectivity index (χ0n) is 12.0. The number of benzene rings is 2. The molecule has 112 valence electrons. The van der Waals surface area contributed by atoms with E-state index in [1.807, 2.05) is 25.1 Å². The number of rotatable bonds is 5. The van der Waals surface area contributed by atoms with Crippen LogP contribution in [0.15, 0.2) is 47.4 Å². The van der Waals surface area contributed by atoms with Crippen molar-refractivity contribution < 1.29 is 13.2 Å². The Morgan fingerprint density at radius 1 is 1.14 bits per heavy atom. The van der Waals surface area contributed by atoms with Gasteiger partial charge < -0.3 is 10.1 Å². The Morgan fingerprint density at radius 3 is 2.33 bits per heavy atom. The topological polar surface area (TPSA) is 81.4 Å². The Kier molecular flexibility index (Phi) is 4.50. The molecule has 0 aliphatic carbocycles. The quantitative estimate of drug-likeness (QED) is 0.888. The molecule has 0 fully saturated rings. The monoisotopic (exact) mass is 306 g/mol. The van der Waals surface area contributed by atoms with Crippen LogP contribution in [-0.2, 0) is 16.6 Å². The minimum absolute atomic E-state index is 0.105. The molecule has 0 aliphatic heterocycles. The minimum atomic E-state index is -3.64. The van der Waals surface area contributed by atoms with E-state index in [1.54, 1.807) is 19.2 Å². The van der Waals surface area contributed by atoms with Gasteiger partial charge in [0.25, 0.3) is 0 Å². The molecular formula is C15H18N2O3S. The summed E-state index contributed by atoms with van der Waals surface area (Å²) in [5, 5.41) is 8.28. The molecule has 0 aliphatic rings. The zero-order chi connectivity index (χ0) is 15.5. The van der Waals surface area contributed by atoms with E-state index in [0.29, 0.717) is 6.54 Å². The second-order valence-corrected chi connectivity index (χ2v) is 6.29. The van der Waals surface area contributed by atoms with Gasteiger partial charge in [-0.15, -0.1) is 0 Å². The fraction of sp³-hybridized carbons (Fsp3) is 0.200. The van der Waals surface area contributed by atoms with E-state index in [1.165, 1.54) is 12.1 Å². The van der Waals surface area contributed by atoms with E-state index >= 15 is 0 Å². The van der Waals surface area contributed by atoms with Gasteiger partial charge in [0.2, 0.25) is 10.0 Å². The molecule has 0 atom stereocenters. The molecule has 2 rings (SSSR count). The lowest BCUT2D eigenvalue weighted by Crippen LogP contribution is -2.12. The smallest absolute Gasteiger partial charge is 0.238 e. The van der Waals surface area contributed by atoms with Gasteiger partial charge in [-0.25, -0.2) is 13.6 Å². The predicted octanol–water partition coefficient (Wildman–Crippen LogP) is 2.26. The standard InChI is InChI=1S/C15H18N2O3S/c1-11-9-12(3-8-15(11)20-2)10-17-13-4-6-14(7-5-13)21(16,18)19/h3-9,17H,10H2,1-2H3,(H2,16,18,19). The second kappa shape index (κ2) is 6.15. The van der Waals surface area contributed by atoms with Crippen LogP contribution in [0.25, 0.3) is 0 Å². The first-order valence-corrected chi connectivity index (χ1v) is 7.95. The van der Waals surface area contributed by atoms with Gasteiger partial charge in [0.05, 0.1) is 12.0 Å². The normalized spacial score (nSPS) is 11.2. The summed E-state index contributed by atoms with van der Waals surface area (Å²) in [5.41, 5.74) is 3.01. The molecule has 21 heavy (non-hydrogen) atoms. The molecule has 0 aromatic heterocycles. The highest BCUT2D eigenvalue weighted by Gasteiger charge is 2.06. The van der Waals surface area contributed by atoms with Crippen LogP contribution in [-0.4, -0.2) is 15.5 Å². The largest absolute Gasteiger partial charge is 0.496 e. The summed E-state index contributed by atoms with van der Waals surface area (Å²) in [6, 6.07) is 12.3. The summed E-state index contributed by atoms with van der Waals surface area (Å²) in [5.74, 6) is 0.858. The first-order valence-electron chi connectivity index (χ1n) is 6.40. The number of anilines is 1. The SMILES string of the molecule is COc1ccc(CNc2ccc(S(N)(=O)=O)cc2)cc1C. The van der Waals surface area contributed by atoms with Crippen molar-refractivity contribution in [3.05, 3.63) is 53.6 Å². The Balaban J connectivity index is 2.05. The number of primary sulfonamides is 1. The minimum Gasteiger partial charge on any atom is -0.496 e. The number of ether oxygens (including phenoxy) is 1. The fourth-order valence-corrected chi connectivity index (χ4v) is 2.53. The van der Waals surface area contributed by atoms with E-state index in [9.17, 15) is 8.42 Å². The molecular weight excluding hydrogens is 288 g/mol. The van der Waals surface area contributed by atoms with Gasteiger partial charge in [0.1, 0.15) is 5.75 Å². The van der Waals surface area contributed by atoms with E-state index in [2.05, 4.69) is 5.32 Å². The Bertz CT molecular complexity index is 725. The maximum absolute atomic E-state index is 11.2. The highest BCUT2D eigenvalue weighted by Crippen LogP contribution is 2.19. The molecule has 5 nitrogen and oxygen atoms in total. The summed E-state index contributed by atoms with van der Waals surface area (Å²) in [6.45, 7) is 2.63. The van der Waals surface area contributed by atoms with Gasteiger partial charge in [-0.3, -0.25) is 0 Å². The molecule has 0 radical (unpaired) electrons. The van der Waals surface area contributed by atoms with Gasteiger partial charge >= 0.3 is 0 Å². The van der Waals surface area contributed by atoms with Crippen molar-refractivity contribution in [2.24, 2.45) is 5.14 Å². The van der Waals surface area contributed by atoms with Gasteiger partial charge in [-0.1, -0.05) is 12.1 Å². The van der Waals surface area contributed by atoms with Crippen LogP contribution in [0, 0.1) is 6.92 Å². The highest BCUT2D eigenvalue weighted by molar-refractivity contribution is 7.89. The summed E-state index contributed by atoms with van der Waals surface area (Å²) < 4.78 is 27.6. The maximum atomic E-state index is 11.2. The number of nitrogens with one attached hydrogen (secondary N) is 1. The number of hydrogen-bond donors (Lipinski definition) is 2. The van der Waals surface area contributed by atoms with Crippen LogP contribution in [0.1, 0.15) is 11.1 Å². The molecule has 0 spiro atoms. The van der Waals surface area contributed by atoms with Crippen molar-refractivity contribution in [1.82, 2.24) is 0 Å². The molecule has 2 aromatic carbocycles. The second-order valence-electron chi connectivity index (χ2n) is 4.73. The Hall–Kier alpha value is -2.05. The van der Waals surface area contributed by atoms with Crippen LogP contribution in [0.5, 0.6) is 5.75 Å². The zero-order valence-corrected chi connectivity index (χ0v) is 12.8. The molecule has 0 bridgehead atoms. The van der Waals surface area contributed by atoms with Crippen molar-refractivity contribution >= 4 is 15.7 Å². The van der Waals surface area contributed by atoms with E-state index in [0.717, 1.165) is 22.6 Å². The number of nitrogens with two attached hydrogens (primary N) is 1. The van der Waals surface area contributed by atoms with E-state index in [4.69, 9.17) is 9.88 Å². The molecule has 6 heteroatoms. The highest BCUT2D eigenvalue weighted by atomic mass is 32.2.